The smallest absolute Gasteiger partial charge is 0.307 e. The molecule has 104 valence electrons. The molecular weight excluding hydrogens is 260 g/mol. The molecule has 3 rings (SSSR count). The summed E-state index contributed by atoms with van der Waals surface area (Å²) >= 11 is 0. The highest BCUT2D eigenvalue weighted by Crippen LogP contribution is 2.39. The van der Waals surface area contributed by atoms with Crippen LogP contribution in [0.25, 0.3) is 0 Å². The largest absolute Gasteiger partial charge is 0.435 e. The minimum Gasteiger partial charge on any atom is -0.435 e. The summed E-state index contributed by atoms with van der Waals surface area (Å²) in [4.78, 5) is 30.5. The van der Waals surface area contributed by atoms with Crippen molar-refractivity contribution in [1.29, 1.82) is 0 Å². The minimum atomic E-state index is -0.512. The number of rotatable bonds is 3. The summed E-state index contributed by atoms with van der Waals surface area (Å²) in [5.41, 5.74) is 5.50. The van der Waals surface area contributed by atoms with E-state index in [2.05, 4.69) is 20.8 Å². The first-order valence-corrected chi connectivity index (χ1v) is 6.36. The average Bonchev–Trinajstić information content (AvgIpc) is 2.99. The molecule has 7 nitrogen and oxygen atoms in total. The van der Waals surface area contributed by atoms with Gasteiger partial charge in [0.25, 0.3) is 5.91 Å². The zero-order valence-electron chi connectivity index (χ0n) is 10.9. The number of carbonyl (C=O) groups excluding carboxylic acids is 2. The first kappa shape index (κ1) is 12.5. The number of H-pyrrole nitrogens is 1. The molecule has 20 heavy (non-hydrogen) atoms. The van der Waals surface area contributed by atoms with Crippen LogP contribution in [0.4, 0.5) is 0 Å². The van der Waals surface area contributed by atoms with Crippen LogP contribution in [0, 0.1) is 6.92 Å². The maximum absolute atomic E-state index is 11.9. The predicted octanol–water partition coefficient (Wildman–Crippen LogP) is 1.26. The monoisotopic (exact) mass is 274 g/mol. The summed E-state index contributed by atoms with van der Waals surface area (Å²) in [6, 6.07) is 3.30. The third-order valence-corrected chi connectivity index (χ3v) is 3.08. The summed E-state index contributed by atoms with van der Waals surface area (Å²) in [5, 5.41) is 0. The summed E-state index contributed by atoms with van der Waals surface area (Å²) in [7, 11) is 0. The highest BCUT2D eigenvalue weighted by molar-refractivity contribution is 5.97. The van der Waals surface area contributed by atoms with Crippen LogP contribution in [0.5, 0.6) is 0 Å². The zero-order valence-corrected chi connectivity index (χ0v) is 10.9. The maximum atomic E-state index is 11.9. The predicted molar refractivity (Wildman–Crippen MR) is 68.9 cm³/mol. The Morgan fingerprint density at radius 2 is 2.10 bits per heavy atom. The number of oxazole rings is 1. The van der Waals surface area contributed by atoms with Gasteiger partial charge in [0.2, 0.25) is 5.76 Å². The van der Waals surface area contributed by atoms with Gasteiger partial charge in [-0.15, -0.1) is 0 Å². The fraction of sp³-hybridized carbons (Fsp3) is 0.308. The molecule has 2 aromatic rings. The Kier molecular flexibility index (Phi) is 3.02. The zero-order chi connectivity index (χ0) is 14.1. The molecule has 2 aromatic heterocycles. The van der Waals surface area contributed by atoms with E-state index in [1.807, 2.05) is 0 Å². The van der Waals surface area contributed by atoms with Crippen molar-refractivity contribution in [2.24, 2.45) is 0 Å². The Morgan fingerprint density at radius 1 is 1.35 bits per heavy atom. The SMILES string of the molecule is Cc1nc(C2CC2)oc1C(=O)NNC(=O)c1ccc[nH]1. The number of amides is 2. The van der Waals surface area contributed by atoms with Crippen molar-refractivity contribution in [3.05, 3.63) is 41.4 Å². The second-order valence-electron chi connectivity index (χ2n) is 4.73. The minimum absolute atomic E-state index is 0.138. The van der Waals surface area contributed by atoms with E-state index in [1.165, 1.54) is 0 Å². The van der Waals surface area contributed by atoms with Gasteiger partial charge in [-0.2, -0.15) is 0 Å². The maximum Gasteiger partial charge on any atom is 0.307 e. The van der Waals surface area contributed by atoms with Gasteiger partial charge in [0.1, 0.15) is 5.69 Å². The van der Waals surface area contributed by atoms with Crippen LogP contribution >= 0.6 is 0 Å². The molecule has 1 aliphatic rings. The topological polar surface area (TPSA) is 100 Å². The highest BCUT2D eigenvalue weighted by atomic mass is 16.4. The van der Waals surface area contributed by atoms with Crippen molar-refractivity contribution in [3.8, 4) is 0 Å². The molecule has 0 aliphatic heterocycles. The fourth-order valence-corrected chi connectivity index (χ4v) is 1.84. The molecule has 3 N–H and O–H groups in total. The number of nitrogens with zero attached hydrogens (tertiary/aromatic N) is 1. The van der Waals surface area contributed by atoms with E-state index in [0.717, 1.165) is 12.8 Å². The molecule has 0 saturated heterocycles. The number of aryl methyl sites for hydroxylation is 1. The third-order valence-electron chi connectivity index (χ3n) is 3.08. The molecule has 0 aromatic carbocycles. The van der Waals surface area contributed by atoms with Gasteiger partial charge >= 0.3 is 5.91 Å². The summed E-state index contributed by atoms with van der Waals surface area (Å²) in [6.45, 7) is 1.71. The van der Waals surface area contributed by atoms with E-state index in [0.29, 0.717) is 23.2 Å². The third kappa shape index (κ3) is 2.42. The van der Waals surface area contributed by atoms with Crippen molar-refractivity contribution in [1.82, 2.24) is 20.8 Å². The standard InChI is InChI=1S/C13H14N4O3/c1-7-10(20-13(15-7)8-4-5-8)12(19)17-16-11(18)9-3-2-6-14-9/h2-3,6,8,14H,4-5H2,1H3,(H,16,18)(H,17,19). The van der Waals surface area contributed by atoms with E-state index >= 15 is 0 Å². The van der Waals surface area contributed by atoms with Crippen LogP contribution in [0.1, 0.15) is 51.4 Å². The molecule has 1 saturated carbocycles. The Labute approximate surface area is 114 Å². The molecular formula is C13H14N4O3. The second kappa shape index (κ2) is 4.84. The number of aromatic nitrogens is 2. The van der Waals surface area contributed by atoms with E-state index in [9.17, 15) is 9.59 Å². The molecule has 1 fully saturated rings. The first-order chi connectivity index (χ1) is 9.65. The molecule has 2 amide bonds. The van der Waals surface area contributed by atoms with Crippen molar-refractivity contribution in [3.63, 3.8) is 0 Å². The van der Waals surface area contributed by atoms with Gasteiger partial charge in [-0.05, 0) is 31.9 Å². The lowest BCUT2D eigenvalue weighted by Crippen LogP contribution is -2.41. The average molecular weight is 274 g/mol. The molecule has 2 heterocycles. The lowest BCUT2D eigenvalue weighted by molar-refractivity contribution is 0.0827. The number of hydrazine groups is 1. The number of hydrogen-bond acceptors (Lipinski definition) is 4. The normalized spacial score (nSPS) is 14.1. The Balaban J connectivity index is 1.63. The van der Waals surface area contributed by atoms with Gasteiger partial charge in [-0.3, -0.25) is 20.4 Å². The number of carbonyl (C=O) groups is 2. The molecule has 0 bridgehead atoms. The van der Waals surface area contributed by atoms with Crippen LogP contribution in [0.3, 0.4) is 0 Å². The molecule has 0 atom stereocenters. The van der Waals surface area contributed by atoms with Crippen LogP contribution < -0.4 is 10.9 Å². The molecule has 0 spiro atoms. The summed E-state index contributed by atoms with van der Waals surface area (Å²) in [6.07, 6.45) is 3.72. The fourth-order valence-electron chi connectivity index (χ4n) is 1.84. The first-order valence-electron chi connectivity index (χ1n) is 6.36. The van der Waals surface area contributed by atoms with Crippen molar-refractivity contribution < 1.29 is 14.0 Å². The van der Waals surface area contributed by atoms with E-state index < -0.39 is 11.8 Å². The number of aromatic amines is 1. The highest BCUT2D eigenvalue weighted by Gasteiger charge is 2.30. The molecule has 0 radical (unpaired) electrons. The van der Waals surface area contributed by atoms with E-state index in [1.54, 1.807) is 25.3 Å². The van der Waals surface area contributed by atoms with Crippen LogP contribution in [0.2, 0.25) is 0 Å². The molecule has 0 unspecified atom stereocenters. The van der Waals surface area contributed by atoms with Crippen LogP contribution in [-0.2, 0) is 0 Å². The van der Waals surface area contributed by atoms with Crippen molar-refractivity contribution >= 4 is 11.8 Å². The van der Waals surface area contributed by atoms with Crippen LogP contribution in [-0.4, -0.2) is 21.8 Å². The quantitative estimate of drug-likeness (QED) is 0.733. The summed E-state index contributed by atoms with van der Waals surface area (Å²) in [5.74, 6) is 0.135. The van der Waals surface area contributed by atoms with Gasteiger partial charge in [-0.25, -0.2) is 4.98 Å². The van der Waals surface area contributed by atoms with Crippen molar-refractivity contribution in [2.75, 3.05) is 0 Å². The lowest BCUT2D eigenvalue weighted by atomic mass is 10.3. The Hall–Kier alpha value is -2.57. The van der Waals surface area contributed by atoms with E-state index in [4.69, 9.17) is 4.42 Å². The Bertz CT molecular complexity index is 641. The Morgan fingerprint density at radius 3 is 2.75 bits per heavy atom. The molecule has 7 heteroatoms. The van der Waals surface area contributed by atoms with Crippen molar-refractivity contribution in [2.45, 2.75) is 25.7 Å². The van der Waals surface area contributed by atoms with Gasteiger partial charge in [0.05, 0.1) is 5.69 Å². The summed E-state index contributed by atoms with van der Waals surface area (Å²) < 4.78 is 5.44. The lowest BCUT2D eigenvalue weighted by Gasteiger charge is -2.04. The second-order valence-corrected chi connectivity index (χ2v) is 4.73. The van der Waals surface area contributed by atoms with Gasteiger partial charge in [0.15, 0.2) is 5.89 Å². The van der Waals surface area contributed by atoms with Crippen LogP contribution in [0.15, 0.2) is 22.7 Å². The van der Waals surface area contributed by atoms with Gasteiger partial charge in [0, 0.05) is 12.1 Å². The van der Waals surface area contributed by atoms with E-state index in [-0.39, 0.29) is 5.76 Å². The van der Waals surface area contributed by atoms with Gasteiger partial charge in [-0.1, -0.05) is 0 Å². The van der Waals surface area contributed by atoms with Gasteiger partial charge < -0.3 is 9.40 Å². The number of hydrogen-bond donors (Lipinski definition) is 3. The number of nitrogens with one attached hydrogen (secondary N) is 3. The molecule has 1 aliphatic carbocycles.